The van der Waals surface area contributed by atoms with Crippen LogP contribution in [-0.4, -0.2) is 5.91 Å². The third kappa shape index (κ3) is 3.69. The Morgan fingerprint density at radius 2 is 2.12 bits per heavy atom. The van der Waals surface area contributed by atoms with Gasteiger partial charge in [-0.05, 0) is 31.0 Å². The fourth-order valence-electron chi connectivity index (χ4n) is 1.47. The first-order valence-electron chi connectivity index (χ1n) is 5.29. The summed E-state index contributed by atoms with van der Waals surface area (Å²) in [6, 6.07) is 5.19. The maximum absolute atomic E-state index is 11.4. The lowest BCUT2D eigenvalue weighted by atomic mass is 10.1. The van der Waals surface area contributed by atoms with E-state index in [2.05, 4.69) is 5.32 Å². The molecule has 88 valence electrons. The van der Waals surface area contributed by atoms with Crippen LogP contribution >= 0.6 is 23.2 Å². The third-order valence-corrected chi connectivity index (χ3v) is 2.85. The smallest absolute Gasteiger partial charge is 0.220 e. The van der Waals surface area contributed by atoms with Crippen molar-refractivity contribution in [3.63, 3.8) is 0 Å². The Labute approximate surface area is 106 Å². The number of halogens is 2. The molecule has 1 N–H and O–H groups in total. The number of amides is 1. The summed E-state index contributed by atoms with van der Waals surface area (Å²) >= 11 is 11.9. The van der Waals surface area contributed by atoms with E-state index >= 15 is 0 Å². The van der Waals surface area contributed by atoms with E-state index in [0.717, 1.165) is 12.0 Å². The second-order valence-corrected chi connectivity index (χ2v) is 4.55. The molecule has 0 aliphatic heterocycles. The van der Waals surface area contributed by atoms with Gasteiger partial charge in [-0.2, -0.15) is 0 Å². The van der Waals surface area contributed by atoms with E-state index in [0.29, 0.717) is 16.5 Å². The Morgan fingerprint density at radius 3 is 2.69 bits per heavy atom. The zero-order valence-corrected chi connectivity index (χ0v) is 10.9. The topological polar surface area (TPSA) is 29.1 Å². The van der Waals surface area contributed by atoms with Crippen molar-refractivity contribution in [2.24, 2.45) is 0 Å². The minimum atomic E-state index is -0.0937. The van der Waals surface area contributed by atoms with Gasteiger partial charge in [0.2, 0.25) is 5.91 Å². The molecule has 0 aliphatic rings. The zero-order valence-electron chi connectivity index (χ0n) is 9.39. The van der Waals surface area contributed by atoms with Crippen LogP contribution in [0.15, 0.2) is 18.2 Å². The molecule has 0 saturated heterocycles. The second kappa shape index (κ2) is 6.12. The lowest BCUT2D eigenvalue weighted by molar-refractivity contribution is -0.121. The maximum atomic E-state index is 11.4. The van der Waals surface area contributed by atoms with Crippen LogP contribution < -0.4 is 5.32 Å². The third-order valence-electron chi connectivity index (χ3n) is 2.28. The number of hydrogen-bond donors (Lipinski definition) is 1. The van der Waals surface area contributed by atoms with Crippen molar-refractivity contribution in [3.8, 4) is 0 Å². The van der Waals surface area contributed by atoms with E-state index in [1.54, 1.807) is 12.1 Å². The highest BCUT2D eigenvalue weighted by Gasteiger charge is 2.12. The van der Waals surface area contributed by atoms with Crippen molar-refractivity contribution in [1.29, 1.82) is 0 Å². The monoisotopic (exact) mass is 259 g/mol. The Bertz CT molecular complexity index is 379. The molecule has 0 saturated carbocycles. The van der Waals surface area contributed by atoms with Crippen LogP contribution in [0.4, 0.5) is 0 Å². The molecule has 1 rings (SSSR count). The number of carbonyl (C=O) groups excluding carboxylic acids is 1. The van der Waals surface area contributed by atoms with Crippen molar-refractivity contribution < 1.29 is 4.79 Å². The minimum Gasteiger partial charge on any atom is -0.350 e. The first kappa shape index (κ1) is 13.3. The van der Waals surface area contributed by atoms with E-state index in [1.165, 1.54) is 0 Å². The Morgan fingerprint density at radius 1 is 1.44 bits per heavy atom. The second-order valence-electron chi connectivity index (χ2n) is 3.71. The molecule has 0 fully saturated rings. The van der Waals surface area contributed by atoms with Crippen LogP contribution in [0.2, 0.25) is 10.0 Å². The molecular weight excluding hydrogens is 245 g/mol. The molecule has 0 radical (unpaired) electrons. The molecule has 4 heteroatoms. The van der Waals surface area contributed by atoms with Crippen molar-refractivity contribution in [2.75, 3.05) is 0 Å². The molecular formula is C12H15Cl2NO. The molecule has 0 aromatic heterocycles. The van der Waals surface area contributed by atoms with E-state index in [4.69, 9.17) is 23.2 Å². The highest BCUT2D eigenvalue weighted by atomic mass is 35.5. The van der Waals surface area contributed by atoms with Gasteiger partial charge in [-0.1, -0.05) is 36.2 Å². The van der Waals surface area contributed by atoms with Crippen LogP contribution in [0, 0.1) is 0 Å². The summed E-state index contributed by atoms with van der Waals surface area (Å²) in [4.78, 5) is 11.4. The largest absolute Gasteiger partial charge is 0.350 e. The molecule has 0 aliphatic carbocycles. The fourth-order valence-corrected chi connectivity index (χ4v) is 2.04. The van der Waals surface area contributed by atoms with Crippen LogP contribution in [0.5, 0.6) is 0 Å². The van der Waals surface area contributed by atoms with E-state index in [9.17, 15) is 4.79 Å². The van der Waals surface area contributed by atoms with Gasteiger partial charge in [0.25, 0.3) is 0 Å². The Balaban J connectivity index is 2.72. The molecule has 16 heavy (non-hydrogen) atoms. The van der Waals surface area contributed by atoms with Gasteiger partial charge < -0.3 is 5.32 Å². The number of rotatable bonds is 4. The van der Waals surface area contributed by atoms with Gasteiger partial charge in [0.05, 0.1) is 6.04 Å². The van der Waals surface area contributed by atoms with Crippen molar-refractivity contribution in [3.05, 3.63) is 33.8 Å². The van der Waals surface area contributed by atoms with Crippen LogP contribution in [-0.2, 0) is 4.79 Å². The predicted octanol–water partition coefficient (Wildman–Crippen LogP) is 3.97. The van der Waals surface area contributed by atoms with Crippen molar-refractivity contribution in [2.45, 2.75) is 32.7 Å². The average Bonchev–Trinajstić information content (AvgIpc) is 2.17. The molecule has 0 spiro atoms. The van der Waals surface area contributed by atoms with Crippen LogP contribution in [0.3, 0.4) is 0 Å². The van der Waals surface area contributed by atoms with Crippen LogP contribution in [0.25, 0.3) is 0 Å². The lowest BCUT2D eigenvalue weighted by Crippen LogP contribution is -2.26. The fraction of sp³-hybridized carbons (Fsp3) is 0.417. The molecule has 0 bridgehead atoms. The van der Waals surface area contributed by atoms with Crippen molar-refractivity contribution >= 4 is 29.1 Å². The predicted molar refractivity (Wildman–Crippen MR) is 67.9 cm³/mol. The number of nitrogens with one attached hydrogen (secondary N) is 1. The molecule has 1 aromatic carbocycles. The molecule has 1 amide bonds. The van der Waals surface area contributed by atoms with Gasteiger partial charge in [-0.15, -0.1) is 0 Å². The Kier molecular flexibility index (Phi) is 5.10. The average molecular weight is 260 g/mol. The van der Waals surface area contributed by atoms with Gasteiger partial charge >= 0.3 is 0 Å². The highest BCUT2D eigenvalue weighted by Crippen LogP contribution is 2.26. The van der Waals surface area contributed by atoms with Crippen LogP contribution in [0.1, 0.15) is 38.3 Å². The maximum Gasteiger partial charge on any atom is 0.220 e. The normalized spacial score (nSPS) is 12.2. The molecule has 1 aromatic rings. The first-order valence-corrected chi connectivity index (χ1v) is 6.04. The lowest BCUT2D eigenvalue weighted by Gasteiger charge is -2.15. The van der Waals surface area contributed by atoms with E-state index in [-0.39, 0.29) is 11.9 Å². The summed E-state index contributed by atoms with van der Waals surface area (Å²) in [6.07, 6.45) is 1.38. The van der Waals surface area contributed by atoms with Gasteiger partial charge in [-0.3, -0.25) is 4.79 Å². The molecule has 0 heterocycles. The highest BCUT2D eigenvalue weighted by molar-refractivity contribution is 6.35. The first-order chi connectivity index (χ1) is 7.54. The van der Waals surface area contributed by atoms with Gasteiger partial charge in [0, 0.05) is 16.5 Å². The summed E-state index contributed by atoms with van der Waals surface area (Å²) < 4.78 is 0. The zero-order chi connectivity index (χ0) is 12.1. The standard InChI is InChI=1S/C12H15Cl2NO/c1-3-4-12(16)15-8(2)10-6-5-9(13)7-11(10)14/h5-8H,3-4H2,1-2H3,(H,15,16). The number of benzene rings is 1. The summed E-state index contributed by atoms with van der Waals surface area (Å²) in [6.45, 7) is 3.88. The number of carbonyl (C=O) groups is 1. The van der Waals surface area contributed by atoms with Gasteiger partial charge in [-0.25, -0.2) is 0 Å². The molecule has 1 atom stereocenters. The summed E-state index contributed by atoms with van der Waals surface area (Å²) in [7, 11) is 0. The number of hydrogen-bond acceptors (Lipinski definition) is 1. The summed E-state index contributed by atoms with van der Waals surface area (Å²) in [5.41, 5.74) is 0.885. The molecule has 2 nitrogen and oxygen atoms in total. The van der Waals surface area contributed by atoms with Crippen molar-refractivity contribution in [1.82, 2.24) is 5.32 Å². The quantitative estimate of drug-likeness (QED) is 0.871. The Hall–Kier alpha value is -0.730. The summed E-state index contributed by atoms with van der Waals surface area (Å²) in [5, 5.41) is 4.07. The summed E-state index contributed by atoms with van der Waals surface area (Å²) in [5.74, 6) is 0.0426. The van der Waals surface area contributed by atoms with Gasteiger partial charge in [0.1, 0.15) is 0 Å². The van der Waals surface area contributed by atoms with E-state index < -0.39 is 0 Å². The molecule has 1 unspecified atom stereocenters. The van der Waals surface area contributed by atoms with E-state index in [1.807, 2.05) is 19.9 Å². The SMILES string of the molecule is CCCC(=O)NC(C)c1ccc(Cl)cc1Cl. The minimum absolute atomic E-state index is 0.0426. The van der Waals surface area contributed by atoms with Gasteiger partial charge in [0.15, 0.2) is 0 Å².